The topological polar surface area (TPSA) is 70.5 Å². The van der Waals surface area contributed by atoms with Crippen LogP contribution in [0.2, 0.25) is 15.1 Å². The number of fused-ring (bicyclic) bond motifs is 1. The van der Waals surface area contributed by atoms with Crippen molar-refractivity contribution < 1.29 is 19.1 Å². The van der Waals surface area contributed by atoms with Gasteiger partial charge in [0.25, 0.3) is 5.78 Å². The maximum Gasteiger partial charge on any atom is 0.301 e. The van der Waals surface area contributed by atoms with E-state index in [2.05, 4.69) is 4.98 Å². The molecule has 1 atom stereocenters. The number of carbonyl (C=O) groups is 2. The SMILES string of the molecule is O=C1C(=O)N(c2nc3ccc(F)cc3s2)C(c2ccc(Cl)c(Cl)c2)C1=C(O)c1ccc(Cl)cc1. The van der Waals surface area contributed by atoms with Gasteiger partial charge in [-0.05, 0) is 60.2 Å². The fraction of sp³-hybridized carbons (Fsp3) is 0.0417. The highest BCUT2D eigenvalue weighted by molar-refractivity contribution is 7.22. The maximum atomic E-state index is 13.7. The van der Waals surface area contributed by atoms with Crippen LogP contribution in [0.25, 0.3) is 16.0 Å². The molecule has 0 radical (unpaired) electrons. The van der Waals surface area contributed by atoms with Gasteiger partial charge in [-0.1, -0.05) is 52.2 Å². The number of anilines is 1. The van der Waals surface area contributed by atoms with Crippen molar-refractivity contribution in [3.63, 3.8) is 0 Å². The smallest absolute Gasteiger partial charge is 0.301 e. The van der Waals surface area contributed by atoms with Crippen LogP contribution in [0.3, 0.4) is 0 Å². The minimum Gasteiger partial charge on any atom is -0.507 e. The van der Waals surface area contributed by atoms with E-state index in [9.17, 15) is 19.1 Å². The van der Waals surface area contributed by atoms with Gasteiger partial charge in [0.1, 0.15) is 11.6 Å². The third kappa shape index (κ3) is 3.84. The van der Waals surface area contributed by atoms with Crippen molar-refractivity contribution in [3.05, 3.63) is 98.2 Å². The number of aliphatic hydroxyl groups is 1. The van der Waals surface area contributed by atoms with Crippen molar-refractivity contribution in [3.8, 4) is 0 Å². The Bertz CT molecular complexity index is 1520. The maximum absolute atomic E-state index is 13.7. The summed E-state index contributed by atoms with van der Waals surface area (Å²) in [5.41, 5.74) is 1.07. The lowest BCUT2D eigenvalue weighted by atomic mass is 9.95. The van der Waals surface area contributed by atoms with Gasteiger partial charge >= 0.3 is 5.91 Å². The lowest BCUT2D eigenvalue weighted by Gasteiger charge is -2.23. The summed E-state index contributed by atoms with van der Waals surface area (Å²) in [6, 6.07) is 13.9. The van der Waals surface area contributed by atoms with E-state index in [4.69, 9.17) is 34.8 Å². The Balaban J connectivity index is 1.74. The van der Waals surface area contributed by atoms with E-state index in [1.807, 2.05) is 0 Å². The van der Waals surface area contributed by atoms with Crippen LogP contribution in [0.15, 0.2) is 66.2 Å². The number of Topliss-reactive ketones (excluding diaryl/α,β-unsaturated/α-hetero) is 1. The first-order valence-electron chi connectivity index (χ1n) is 9.82. The number of benzene rings is 3. The van der Waals surface area contributed by atoms with Crippen LogP contribution in [-0.2, 0) is 9.59 Å². The molecule has 3 aromatic carbocycles. The van der Waals surface area contributed by atoms with Gasteiger partial charge in [-0.25, -0.2) is 9.37 Å². The normalized spacial score (nSPS) is 17.6. The number of aromatic nitrogens is 1. The van der Waals surface area contributed by atoms with Gasteiger partial charge in [0, 0.05) is 10.6 Å². The lowest BCUT2D eigenvalue weighted by molar-refractivity contribution is -0.132. The Morgan fingerprint density at radius 2 is 1.71 bits per heavy atom. The summed E-state index contributed by atoms with van der Waals surface area (Å²) < 4.78 is 14.2. The van der Waals surface area contributed by atoms with E-state index in [0.29, 0.717) is 26.4 Å². The summed E-state index contributed by atoms with van der Waals surface area (Å²) in [5, 5.41) is 12.2. The molecule has 1 aliphatic heterocycles. The van der Waals surface area contributed by atoms with Gasteiger partial charge in [-0.2, -0.15) is 0 Å². The summed E-state index contributed by atoms with van der Waals surface area (Å²) in [4.78, 5) is 32.1. The molecule has 4 aromatic rings. The third-order valence-corrected chi connectivity index (χ3v) is 7.38. The van der Waals surface area contributed by atoms with Crippen molar-refractivity contribution in [2.75, 3.05) is 4.90 Å². The monoisotopic (exact) mass is 532 g/mol. The van der Waals surface area contributed by atoms with Crippen LogP contribution in [-0.4, -0.2) is 21.8 Å². The molecule has 1 saturated heterocycles. The first kappa shape index (κ1) is 22.8. The number of rotatable bonds is 3. The summed E-state index contributed by atoms with van der Waals surface area (Å²) in [5.74, 6) is -2.60. The Hall–Kier alpha value is -2.97. The molecule has 1 amide bonds. The predicted molar refractivity (Wildman–Crippen MR) is 132 cm³/mol. The summed E-state index contributed by atoms with van der Waals surface area (Å²) >= 11 is 19.3. The van der Waals surface area contributed by atoms with Crippen LogP contribution in [0.4, 0.5) is 9.52 Å². The number of thiazole rings is 1. The second kappa shape index (κ2) is 8.67. The van der Waals surface area contributed by atoms with Gasteiger partial charge in [-0.15, -0.1) is 0 Å². The zero-order valence-electron chi connectivity index (χ0n) is 16.9. The zero-order chi connectivity index (χ0) is 24.1. The van der Waals surface area contributed by atoms with E-state index in [1.54, 1.807) is 18.2 Å². The number of amides is 1. The molecule has 10 heteroatoms. The van der Waals surface area contributed by atoms with E-state index >= 15 is 0 Å². The molecular formula is C24H12Cl3FN2O3S. The van der Waals surface area contributed by atoms with Gasteiger partial charge in [0.05, 0.1) is 31.9 Å². The number of hydrogen-bond acceptors (Lipinski definition) is 5. The van der Waals surface area contributed by atoms with Crippen molar-refractivity contribution >= 4 is 78.9 Å². The highest BCUT2D eigenvalue weighted by Gasteiger charge is 2.48. The molecule has 5 nitrogen and oxygen atoms in total. The molecule has 2 heterocycles. The molecule has 1 N–H and O–H groups in total. The van der Waals surface area contributed by atoms with Gasteiger partial charge in [0.15, 0.2) is 5.13 Å². The Labute approximate surface area is 211 Å². The number of ketones is 1. The van der Waals surface area contributed by atoms with Crippen molar-refractivity contribution in [1.29, 1.82) is 0 Å². The summed E-state index contributed by atoms with van der Waals surface area (Å²) in [6.45, 7) is 0. The molecule has 0 aliphatic carbocycles. The van der Waals surface area contributed by atoms with E-state index in [1.165, 1.54) is 47.4 Å². The highest BCUT2D eigenvalue weighted by Crippen LogP contribution is 2.45. The first-order chi connectivity index (χ1) is 16.2. The second-order valence-corrected chi connectivity index (χ2v) is 9.72. The van der Waals surface area contributed by atoms with Crippen molar-refractivity contribution in [2.24, 2.45) is 0 Å². The van der Waals surface area contributed by atoms with E-state index < -0.39 is 23.5 Å². The van der Waals surface area contributed by atoms with Gasteiger partial charge < -0.3 is 5.11 Å². The number of carbonyl (C=O) groups excluding carboxylic acids is 2. The molecule has 0 bridgehead atoms. The average Bonchev–Trinajstić information content (AvgIpc) is 3.33. The minimum atomic E-state index is -1.05. The fourth-order valence-electron chi connectivity index (χ4n) is 3.78. The average molecular weight is 534 g/mol. The number of aliphatic hydroxyl groups excluding tert-OH is 1. The molecule has 1 aromatic heterocycles. The van der Waals surface area contributed by atoms with Crippen LogP contribution in [0, 0.1) is 5.82 Å². The van der Waals surface area contributed by atoms with E-state index in [0.717, 1.165) is 11.3 Å². The highest BCUT2D eigenvalue weighted by atomic mass is 35.5. The van der Waals surface area contributed by atoms with E-state index in [-0.39, 0.29) is 26.5 Å². The molecule has 5 rings (SSSR count). The van der Waals surface area contributed by atoms with Gasteiger partial charge in [0.2, 0.25) is 0 Å². The minimum absolute atomic E-state index is 0.142. The summed E-state index contributed by atoms with van der Waals surface area (Å²) in [6.07, 6.45) is 0. The van der Waals surface area contributed by atoms with Crippen LogP contribution >= 0.6 is 46.1 Å². The second-order valence-electron chi connectivity index (χ2n) is 7.46. The molecule has 0 spiro atoms. The standard InChI is InChI=1S/C24H12Cl3FN2O3S/c25-13-4-1-11(2-5-13)21(31)19-20(12-3-7-15(26)16(27)9-12)30(23(33)22(19)32)24-29-17-8-6-14(28)10-18(17)34-24/h1-10,20,31H. The van der Waals surface area contributed by atoms with Crippen LogP contribution < -0.4 is 4.90 Å². The molecule has 1 fully saturated rings. The Kier molecular flexibility index (Phi) is 5.81. The third-order valence-electron chi connectivity index (χ3n) is 5.37. The Morgan fingerprint density at radius 1 is 0.971 bits per heavy atom. The number of halogens is 4. The molecule has 0 saturated carbocycles. The first-order valence-corrected chi connectivity index (χ1v) is 11.8. The van der Waals surface area contributed by atoms with Crippen molar-refractivity contribution in [2.45, 2.75) is 6.04 Å². The number of hydrogen-bond donors (Lipinski definition) is 1. The molecule has 34 heavy (non-hydrogen) atoms. The largest absolute Gasteiger partial charge is 0.507 e. The van der Waals surface area contributed by atoms with Crippen LogP contribution in [0.5, 0.6) is 0 Å². The summed E-state index contributed by atoms with van der Waals surface area (Å²) in [7, 11) is 0. The quantitative estimate of drug-likeness (QED) is 0.174. The van der Waals surface area contributed by atoms with Crippen molar-refractivity contribution in [1.82, 2.24) is 4.98 Å². The molecule has 1 aliphatic rings. The number of nitrogens with zero attached hydrogens (tertiary/aromatic N) is 2. The zero-order valence-corrected chi connectivity index (χ0v) is 20.0. The molecule has 170 valence electrons. The molecular weight excluding hydrogens is 522 g/mol. The van der Waals surface area contributed by atoms with Crippen LogP contribution in [0.1, 0.15) is 17.2 Å². The Morgan fingerprint density at radius 3 is 2.41 bits per heavy atom. The molecule has 1 unspecified atom stereocenters. The lowest BCUT2D eigenvalue weighted by Crippen LogP contribution is -2.29. The fourth-order valence-corrected chi connectivity index (χ4v) is 5.23. The van der Waals surface area contributed by atoms with Gasteiger partial charge in [-0.3, -0.25) is 14.5 Å². The predicted octanol–water partition coefficient (Wildman–Crippen LogP) is 7.02.